The van der Waals surface area contributed by atoms with Crippen LogP contribution in [0.3, 0.4) is 0 Å². The van der Waals surface area contributed by atoms with Crippen LogP contribution in [0, 0.1) is 0 Å². The first-order valence-electron chi connectivity index (χ1n) is 2.93. The van der Waals surface area contributed by atoms with Crippen molar-refractivity contribution in [2.24, 2.45) is 11.5 Å². The molecule has 4 N–H and O–H groups in total. The van der Waals surface area contributed by atoms with Crippen molar-refractivity contribution in [1.82, 2.24) is 0 Å². The summed E-state index contributed by atoms with van der Waals surface area (Å²) in [7, 11) is 0.763. The molecule has 0 saturated heterocycles. The topological polar surface area (TPSA) is 52.0 Å². The van der Waals surface area contributed by atoms with Crippen LogP contribution in [0.15, 0.2) is 12.1 Å². The molecule has 0 unspecified atom stereocenters. The zero-order valence-corrected chi connectivity index (χ0v) is 6.22. The minimum Gasteiger partial charge on any atom is -0.326 e. The smallest absolute Gasteiger partial charge is 0.0213 e. The Morgan fingerprint density at radius 1 is 1.11 bits per heavy atom. The lowest BCUT2D eigenvalue weighted by atomic mass is 10.4. The predicted molar refractivity (Wildman–Crippen MR) is 41.7 cm³/mol. The largest absolute Gasteiger partial charge is 0.326 e. The first kappa shape index (κ1) is 6.81. The highest BCUT2D eigenvalue weighted by Crippen LogP contribution is 2.20. The summed E-state index contributed by atoms with van der Waals surface area (Å²) in [6.07, 6.45) is 0. The standard InChI is InChI=1S/C6H11N2P/c7-3-5-1-2-6(4-8)9-5/h1-2,9H,3-4,7-8H2. The van der Waals surface area contributed by atoms with E-state index in [1.54, 1.807) is 0 Å². The van der Waals surface area contributed by atoms with Crippen LogP contribution in [0.1, 0.15) is 10.6 Å². The lowest BCUT2D eigenvalue weighted by Crippen LogP contribution is -1.91. The van der Waals surface area contributed by atoms with Crippen LogP contribution in [-0.4, -0.2) is 0 Å². The van der Waals surface area contributed by atoms with E-state index < -0.39 is 0 Å². The molecule has 0 bridgehead atoms. The van der Waals surface area contributed by atoms with Gasteiger partial charge in [0.05, 0.1) is 0 Å². The SMILES string of the molecule is NCc1ccc(CN)[pH]1. The Morgan fingerprint density at radius 2 is 1.56 bits per heavy atom. The molecule has 0 amide bonds. The van der Waals surface area contributed by atoms with Crippen molar-refractivity contribution < 1.29 is 0 Å². The molecule has 1 heterocycles. The highest BCUT2D eigenvalue weighted by molar-refractivity contribution is 7.32. The van der Waals surface area contributed by atoms with Crippen LogP contribution in [0.5, 0.6) is 0 Å². The van der Waals surface area contributed by atoms with E-state index in [0.717, 1.165) is 8.19 Å². The molecule has 9 heavy (non-hydrogen) atoms. The van der Waals surface area contributed by atoms with E-state index in [4.69, 9.17) is 11.5 Å². The van der Waals surface area contributed by atoms with Gasteiger partial charge in [-0.1, -0.05) is 12.1 Å². The first-order valence-corrected chi connectivity index (χ1v) is 3.93. The molecule has 0 fully saturated rings. The molecule has 0 spiro atoms. The zero-order chi connectivity index (χ0) is 6.69. The Morgan fingerprint density at radius 3 is 1.78 bits per heavy atom. The molecule has 0 aromatic carbocycles. The Bertz CT molecular complexity index is 164. The van der Waals surface area contributed by atoms with Crippen LogP contribution in [0.25, 0.3) is 0 Å². The minimum atomic E-state index is 0.679. The van der Waals surface area contributed by atoms with Crippen LogP contribution in [0.4, 0.5) is 0 Å². The fourth-order valence-corrected chi connectivity index (χ4v) is 1.68. The van der Waals surface area contributed by atoms with Gasteiger partial charge in [0, 0.05) is 13.1 Å². The molecule has 3 heteroatoms. The summed E-state index contributed by atoms with van der Waals surface area (Å²) in [5, 5.41) is 2.63. The normalized spacial score (nSPS) is 10.0. The van der Waals surface area contributed by atoms with Gasteiger partial charge in [0.15, 0.2) is 0 Å². The molecule has 1 rings (SSSR count). The van der Waals surface area contributed by atoms with E-state index in [1.165, 1.54) is 10.6 Å². The third kappa shape index (κ3) is 1.55. The average molecular weight is 142 g/mol. The summed E-state index contributed by atoms with van der Waals surface area (Å²) in [6.45, 7) is 1.36. The lowest BCUT2D eigenvalue weighted by Gasteiger charge is -1.86. The van der Waals surface area contributed by atoms with Gasteiger partial charge in [-0.3, -0.25) is 0 Å². The Labute approximate surface area is 56.3 Å². The van der Waals surface area contributed by atoms with E-state index >= 15 is 0 Å². The molecule has 0 aliphatic rings. The Kier molecular flexibility index (Phi) is 2.29. The van der Waals surface area contributed by atoms with Crippen molar-refractivity contribution in [3.63, 3.8) is 0 Å². The zero-order valence-electron chi connectivity index (χ0n) is 5.22. The van der Waals surface area contributed by atoms with E-state index in [9.17, 15) is 0 Å². The Balaban J connectivity index is 2.74. The van der Waals surface area contributed by atoms with Gasteiger partial charge in [0.25, 0.3) is 0 Å². The van der Waals surface area contributed by atoms with E-state index in [-0.39, 0.29) is 0 Å². The van der Waals surface area contributed by atoms with Crippen molar-refractivity contribution in [3.05, 3.63) is 22.7 Å². The quantitative estimate of drug-likeness (QED) is 0.636. The van der Waals surface area contributed by atoms with Crippen molar-refractivity contribution >= 4 is 8.19 Å². The van der Waals surface area contributed by atoms with E-state index in [1.807, 2.05) is 0 Å². The fraction of sp³-hybridized carbons (Fsp3) is 0.333. The molecule has 1 aromatic rings. The maximum Gasteiger partial charge on any atom is 0.0213 e. The van der Waals surface area contributed by atoms with Gasteiger partial charge in [-0.15, -0.1) is 8.19 Å². The van der Waals surface area contributed by atoms with Gasteiger partial charge in [0.1, 0.15) is 0 Å². The third-order valence-corrected chi connectivity index (χ3v) is 2.63. The van der Waals surface area contributed by atoms with E-state index in [2.05, 4.69) is 12.1 Å². The highest BCUT2D eigenvalue weighted by atomic mass is 31.0. The maximum absolute atomic E-state index is 5.42. The summed E-state index contributed by atoms with van der Waals surface area (Å²) in [5.41, 5.74) is 10.8. The molecule has 0 radical (unpaired) electrons. The number of nitrogens with two attached hydrogens (primary N) is 2. The fourth-order valence-electron chi connectivity index (χ4n) is 0.729. The lowest BCUT2D eigenvalue weighted by molar-refractivity contribution is 1.11. The second-order valence-electron chi connectivity index (χ2n) is 1.92. The highest BCUT2D eigenvalue weighted by Gasteiger charge is 1.92. The molecule has 1 aromatic heterocycles. The number of hydrogen-bond acceptors (Lipinski definition) is 2. The van der Waals surface area contributed by atoms with Crippen LogP contribution in [-0.2, 0) is 13.1 Å². The number of hydrogen-bond donors (Lipinski definition) is 2. The molecule has 50 valence electrons. The molecule has 0 aliphatic heterocycles. The minimum absolute atomic E-state index is 0.679. The third-order valence-electron chi connectivity index (χ3n) is 1.25. The van der Waals surface area contributed by atoms with Crippen molar-refractivity contribution in [3.8, 4) is 0 Å². The molecular weight excluding hydrogens is 131 g/mol. The van der Waals surface area contributed by atoms with Gasteiger partial charge in [-0.25, -0.2) is 0 Å². The predicted octanol–water partition coefficient (Wildman–Crippen LogP) is 0.635. The summed E-state index contributed by atoms with van der Waals surface area (Å²) in [5.74, 6) is 0. The van der Waals surface area contributed by atoms with Gasteiger partial charge < -0.3 is 11.5 Å². The molecule has 0 saturated carbocycles. The summed E-state index contributed by atoms with van der Waals surface area (Å²) < 4.78 is 0. The summed E-state index contributed by atoms with van der Waals surface area (Å²) in [4.78, 5) is 0. The molecular formula is C6H11N2P. The van der Waals surface area contributed by atoms with Crippen LogP contribution < -0.4 is 11.5 Å². The van der Waals surface area contributed by atoms with Crippen LogP contribution >= 0.6 is 8.19 Å². The molecule has 0 atom stereocenters. The van der Waals surface area contributed by atoms with Crippen molar-refractivity contribution in [2.45, 2.75) is 13.1 Å². The summed E-state index contributed by atoms with van der Waals surface area (Å²) in [6, 6.07) is 4.14. The average Bonchev–Trinajstić information content (AvgIpc) is 2.34. The Hall–Kier alpha value is -0.300. The monoisotopic (exact) mass is 142 g/mol. The molecule has 2 nitrogen and oxygen atoms in total. The number of rotatable bonds is 2. The summed E-state index contributed by atoms with van der Waals surface area (Å²) >= 11 is 0. The van der Waals surface area contributed by atoms with Crippen molar-refractivity contribution in [2.75, 3.05) is 0 Å². The molecule has 0 aliphatic carbocycles. The van der Waals surface area contributed by atoms with Gasteiger partial charge >= 0.3 is 0 Å². The van der Waals surface area contributed by atoms with Crippen molar-refractivity contribution in [1.29, 1.82) is 0 Å². The first-order chi connectivity index (χ1) is 4.36. The van der Waals surface area contributed by atoms with Gasteiger partial charge in [-0.2, -0.15) is 0 Å². The second kappa shape index (κ2) is 3.02. The van der Waals surface area contributed by atoms with Gasteiger partial charge in [0.2, 0.25) is 0 Å². The maximum atomic E-state index is 5.42. The van der Waals surface area contributed by atoms with Gasteiger partial charge in [-0.05, 0) is 10.6 Å². The van der Waals surface area contributed by atoms with E-state index in [0.29, 0.717) is 13.1 Å². The second-order valence-corrected chi connectivity index (χ2v) is 3.45. The van der Waals surface area contributed by atoms with Crippen LogP contribution in [0.2, 0.25) is 0 Å².